The monoisotopic (exact) mass is 341 g/mol. The second-order valence-electron chi connectivity index (χ2n) is 6.64. The predicted molar refractivity (Wildman–Crippen MR) is 98.2 cm³/mol. The van der Waals surface area contributed by atoms with Crippen LogP contribution in [0.1, 0.15) is 22.8 Å². The molecule has 0 spiro atoms. The zero-order valence-corrected chi connectivity index (χ0v) is 14.8. The molecule has 1 aliphatic rings. The molecule has 1 atom stereocenters. The SMILES string of the molecule is Cc1ncsc1CN(Cc1cc2ccccc2o1)CC1CCNC1. The maximum absolute atomic E-state index is 6.04. The van der Waals surface area contributed by atoms with Gasteiger partial charge in [0.15, 0.2) is 0 Å². The van der Waals surface area contributed by atoms with E-state index in [0.29, 0.717) is 0 Å². The van der Waals surface area contributed by atoms with Crippen molar-refractivity contribution in [2.75, 3.05) is 19.6 Å². The average molecular weight is 341 g/mol. The number of nitrogens with zero attached hydrogens (tertiary/aromatic N) is 2. The van der Waals surface area contributed by atoms with E-state index < -0.39 is 0 Å². The van der Waals surface area contributed by atoms with Gasteiger partial charge in [-0.2, -0.15) is 0 Å². The molecule has 4 nitrogen and oxygen atoms in total. The first-order valence-electron chi connectivity index (χ1n) is 8.57. The molecular formula is C19H23N3OS. The number of benzene rings is 1. The number of nitrogens with one attached hydrogen (secondary N) is 1. The van der Waals surface area contributed by atoms with Gasteiger partial charge in [-0.25, -0.2) is 4.98 Å². The van der Waals surface area contributed by atoms with Crippen molar-refractivity contribution in [1.82, 2.24) is 15.2 Å². The van der Waals surface area contributed by atoms with Crippen molar-refractivity contribution in [1.29, 1.82) is 0 Å². The summed E-state index contributed by atoms with van der Waals surface area (Å²) in [6, 6.07) is 10.4. The highest BCUT2D eigenvalue weighted by atomic mass is 32.1. The van der Waals surface area contributed by atoms with Crippen LogP contribution in [0.2, 0.25) is 0 Å². The Bertz CT molecular complexity index is 771. The molecule has 1 unspecified atom stereocenters. The van der Waals surface area contributed by atoms with Gasteiger partial charge in [-0.05, 0) is 44.5 Å². The van der Waals surface area contributed by atoms with Crippen molar-refractivity contribution in [3.05, 3.63) is 52.2 Å². The van der Waals surface area contributed by atoms with Gasteiger partial charge in [0.25, 0.3) is 0 Å². The molecule has 3 heterocycles. The van der Waals surface area contributed by atoms with E-state index in [4.69, 9.17) is 4.42 Å². The van der Waals surface area contributed by atoms with E-state index in [0.717, 1.165) is 55.7 Å². The van der Waals surface area contributed by atoms with Crippen LogP contribution in [0.4, 0.5) is 0 Å². The Kier molecular flexibility index (Phi) is 4.65. The Morgan fingerprint density at radius 1 is 1.33 bits per heavy atom. The summed E-state index contributed by atoms with van der Waals surface area (Å²) in [5, 5.41) is 4.66. The van der Waals surface area contributed by atoms with Crippen LogP contribution >= 0.6 is 11.3 Å². The Labute approximate surface area is 146 Å². The number of furan rings is 1. The molecule has 0 bridgehead atoms. The van der Waals surface area contributed by atoms with Crippen molar-refractivity contribution >= 4 is 22.3 Å². The maximum atomic E-state index is 6.04. The minimum Gasteiger partial charge on any atom is -0.460 e. The third kappa shape index (κ3) is 3.53. The number of fused-ring (bicyclic) bond motifs is 1. The number of aromatic nitrogens is 1. The van der Waals surface area contributed by atoms with Gasteiger partial charge in [-0.1, -0.05) is 18.2 Å². The number of thiazole rings is 1. The summed E-state index contributed by atoms with van der Waals surface area (Å²) >= 11 is 1.75. The molecule has 24 heavy (non-hydrogen) atoms. The van der Waals surface area contributed by atoms with Crippen LogP contribution in [0.15, 0.2) is 40.3 Å². The van der Waals surface area contributed by atoms with E-state index in [2.05, 4.69) is 40.3 Å². The van der Waals surface area contributed by atoms with E-state index in [9.17, 15) is 0 Å². The largest absolute Gasteiger partial charge is 0.460 e. The van der Waals surface area contributed by atoms with Gasteiger partial charge >= 0.3 is 0 Å². The smallest absolute Gasteiger partial charge is 0.134 e. The summed E-state index contributed by atoms with van der Waals surface area (Å²) in [5.41, 5.74) is 4.07. The van der Waals surface area contributed by atoms with Crippen LogP contribution in [0, 0.1) is 12.8 Å². The number of aryl methyl sites for hydroxylation is 1. The van der Waals surface area contributed by atoms with Gasteiger partial charge in [0.1, 0.15) is 11.3 Å². The third-order valence-corrected chi connectivity index (χ3v) is 5.67. The summed E-state index contributed by atoms with van der Waals surface area (Å²) in [6.07, 6.45) is 1.26. The highest BCUT2D eigenvalue weighted by Gasteiger charge is 2.20. The molecule has 126 valence electrons. The van der Waals surface area contributed by atoms with Crippen molar-refractivity contribution in [2.24, 2.45) is 5.92 Å². The normalized spacial score (nSPS) is 18.0. The molecule has 0 saturated carbocycles. The van der Waals surface area contributed by atoms with Crippen LogP contribution in [0.3, 0.4) is 0 Å². The second kappa shape index (κ2) is 7.05. The summed E-state index contributed by atoms with van der Waals surface area (Å²) in [7, 11) is 0. The lowest BCUT2D eigenvalue weighted by Crippen LogP contribution is -2.29. The Morgan fingerprint density at radius 3 is 3.00 bits per heavy atom. The summed E-state index contributed by atoms with van der Waals surface area (Å²) in [5.74, 6) is 1.77. The minimum absolute atomic E-state index is 0.725. The van der Waals surface area contributed by atoms with E-state index in [1.54, 1.807) is 11.3 Å². The zero-order chi connectivity index (χ0) is 16.4. The van der Waals surface area contributed by atoms with Crippen LogP contribution in [-0.4, -0.2) is 29.5 Å². The zero-order valence-electron chi connectivity index (χ0n) is 14.0. The molecule has 0 amide bonds. The van der Waals surface area contributed by atoms with Gasteiger partial charge in [-0.3, -0.25) is 4.90 Å². The molecule has 0 radical (unpaired) electrons. The fourth-order valence-electron chi connectivity index (χ4n) is 3.44. The first kappa shape index (κ1) is 15.8. The number of hydrogen-bond donors (Lipinski definition) is 1. The Hall–Kier alpha value is -1.69. The van der Waals surface area contributed by atoms with E-state index >= 15 is 0 Å². The Balaban J connectivity index is 1.52. The summed E-state index contributed by atoms with van der Waals surface area (Å²) < 4.78 is 6.04. The molecule has 1 N–H and O–H groups in total. The number of para-hydroxylation sites is 1. The summed E-state index contributed by atoms with van der Waals surface area (Å²) in [4.78, 5) is 8.27. The average Bonchev–Trinajstić information content (AvgIpc) is 3.29. The second-order valence-corrected chi connectivity index (χ2v) is 7.58. The molecule has 5 heteroatoms. The van der Waals surface area contributed by atoms with Crippen LogP contribution in [-0.2, 0) is 13.1 Å². The molecule has 1 aromatic carbocycles. The molecular weight excluding hydrogens is 318 g/mol. The highest BCUT2D eigenvalue weighted by molar-refractivity contribution is 7.09. The molecule has 4 rings (SSSR count). The van der Waals surface area contributed by atoms with Crippen LogP contribution in [0.5, 0.6) is 0 Å². The summed E-state index contributed by atoms with van der Waals surface area (Å²) in [6.45, 7) is 7.26. The lowest BCUT2D eigenvalue weighted by Gasteiger charge is -2.24. The van der Waals surface area contributed by atoms with Crippen molar-refractivity contribution in [2.45, 2.75) is 26.4 Å². The first-order chi connectivity index (χ1) is 11.8. The van der Waals surface area contributed by atoms with Gasteiger partial charge in [0.05, 0.1) is 17.7 Å². The Morgan fingerprint density at radius 2 is 2.25 bits per heavy atom. The molecule has 0 aliphatic carbocycles. The van der Waals surface area contributed by atoms with Crippen molar-refractivity contribution in [3.8, 4) is 0 Å². The van der Waals surface area contributed by atoms with E-state index in [1.807, 2.05) is 17.6 Å². The van der Waals surface area contributed by atoms with Crippen LogP contribution in [0.25, 0.3) is 11.0 Å². The topological polar surface area (TPSA) is 41.3 Å². The van der Waals surface area contributed by atoms with Gasteiger partial charge in [0.2, 0.25) is 0 Å². The van der Waals surface area contributed by atoms with E-state index in [-0.39, 0.29) is 0 Å². The lowest BCUT2D eigenvalue weighted by atomic mass is 10.1. The molecule has 3 aromatic rings. The first-order valence-corrected chi connectivity index (χ1v) is 9.45. The molecule has 1 aliphatic heterocycles. The predicted octanol–water partition coefficient (Wildman–Crippen LogP) is 3.81. The number of rotatable bonds is 6. The minimum atomic E-state index is 0.725. The maximum Gasteiger partial charge on any atom is 0.134 e. The fourth-order valence-corrected chi connectivity index (χ4v) is 4.26. The standard InChI is InChI=1S/C19H23N3OS/c1-14-19(24-13-21-14)12-22(10-15-6-7-20-9-15)11-17-8-16-4-2-3-5-18(16)23-17/h2-5,8,13,15,20H,6-7,9-12H2,1H3. The lowest BCUT2D eigenvalue weighted by molar-refractivity contribution is 0.207. The fraction of sp³-hybridized carbons (Fsp3) is 0.421. The van der Waals surface area contributed by atoms with Gasteiger partial charge in [-0.15, -0.1) is 11.3 Å². The van der Waals surface area contributed by atoms with Crippen LogP contribution < -0.4 is 5.32 Å². The van der Waals surface area contributed by atoms with Gasteiger partial charge < -0.3 is 9.73 Å². The van der Waals surface area contributed by atoms with Crippen molar-refractivity contribution < 1.29 is 4.42 Å². The number of hydrogen-bond acceptors (Lipinski definition) is 5. The van der Waals surface area contributed by atoms with Crippen molar-refractivity contribution in [3.63, 3.8) is 0 Å². The molecule has 1 fully saturated rings. The van der Waals surface area contributed by atoms with E-state index in [1.165, 1.54) is 16.7 Å². The van der Waals surface area contributed by atoms with Gasteiger partial charge in [0, 0.05) is 23.4 Å². The third-order valence-electron chi connectivity index (χ3n) is 4.75. The highest BCUT2D eigenvalue weighted by Crippen LogP contribution is 2.23. The molecule has 2 aromatic heterocycles. The molecule has 1 saturated heterocycles. The quantitative estimate of drug-likeness (QED) is 0.740.